The van der Waals surface area contributed by atoms with Crippen molar-refractivity contribution in [2.75, 3.05) is 0 Å². The number of hydrogen-bond donors (Lipinski definition) is 0. The van der Waals surface area contributed by atoms with Crippen LogP contribution < -0.4 is 0 Å². The highest BCUT2D eigenvalue weighted by molar-refractivity contribution is 5.36. The predicted molar refractivity (Wildman–Crippen MR) is 86.4 cm³/mol. The second-order valence-electron chi connectivity index (χ2n) is 6.49. The fourth-order valence-corrected chi connectivity index (χ4v) is 3.04. The Kier molecular flexibility index (Phi) is 4.69. The summed E-state index contributed by atoms with van der Waals surface area (Å²) >= 11 is 0. The molecule has 0 N–H and O–H groups in total. The molecule has 1 aliphatic heterocycles. The van der Waals surface area contributed by atoms with E-state index in [0.29, 0.717) is 5.41 Å². The van der Waals surface area contributed by atoms with Crippen molar-refractivity contribution in [3.8, 4) is 0 Å². The fourth-order valence-electron chi connectivity index (χ4n) is 3.04. The summed E-state index contributed by atoms with van der Waals surface area (Å²) in [6.45, 7) is 9.12. The van der Waals surface area contributed by atoms with Crippen LogP contribution in [0.2, 0.25) is 0 Å². The van der Waals surface area contributed by atoms with Crippen molar-refractivity contribution in [2.24, 2.45) is 5.41 Å². The summed E-state index contributed by atoms with van der Waals surface area (Å²) in [5.74, 6) is 0. The topological polar surface area (TPSA) is 9.23 Å². The molecular formula is C19H26O. The molecule has 2 aliphatic rings. The lowest BCUT2D eigenvalue weighted by atomic mass is 9.72. The highest BCUT2D eigenvalue weighted by atomic mass is 16.5. The molecule has 1 atom stereocenters. The van der Waals surface area contributed by atoms with E-state index in [1.54, 1.807) is 11.8 Å². The third-order valence-electron chi connectivity index (χ3n) is 4.21. The molecule has 1 heterocycles. The Morgan fingerprint density at radius 2 is 2.15 bits per heavy atom. The van der Waals surface area contributed by atoms with Crippen LogP contribution in [0.5, 0.6) is 0 Å². The van der Waals surface area contributed by atoms with Gasteiger partial charge in [0.2, 0.25) is 0 Å². The van der Waals surface area contributed by atoms with Gasteiger partial charge in [0.1, 0.15) is 6.10 Å². The summed E-state index contributed by atoms with van der Waals surface area (Å²) in [6, 6.07) is 0. The molecule has 0 fully saturated rings. The van der Waals surface area contributed by atoms with Crippen LogP contribution in [-0.4, -0.2) is 6.10 Å². The molecule has 1 heteroatoms. The quantitative estimate of drug-likeness (QED) is 0.617. The van der Waals surface area contributed by atoms with Gasteiger partial charge in [0.05, 0.1) is 6.26 Å². The molecular weight excluding hydrogens is 244 g/mol. The zero-order valence-electron chi connectivity index (χ0n) is 13.1. The van der Waals surface area contributed by atoms with Gasteiger partial charge in [-0.2, -0.15) is 0 Å². The van der Waals surface area contributed by atoms with E-state index >= 15 is 0 Å². The number of rotatable bonds is 3. The van der Waals surface area contributed by atoms with Gasteiger partial charge in [0.25, 0.3) is 0 Å². The third-order valence-corrected chi connectivity index (χ3v) is 4.21. The van der Waals surface area contributed by atoms with Crippen molar-refractivity contribution in [2.45, 2.75) is 53.1 Å². The van der Waals surface area contributed by atoms with Gasteiger partial charge in [0, 0.05) is 0 Å². The van der Waals surface area contributed by atoms with Crippen LogP contribution in [0.3, 0.4) is 0 Å². The first kappa shape index (κ1) is 14.9. The number of ether oxygens (including phenoxy) is 1. The molecule has 0 saturated carbocycles. The molecule has 2 rings (SSSR count). The smallest absolute Gasteiger partial charge is 0.135 e. The van der Waals surface area contributed by atoms with Crippen LogP contribution in [-0.2, 0) is 4.74 Å². The summed E-state index contributed by atoms with van der Waals surface area (Å²) in [4.78, 5) is 0. The third kappa shape index (κ3) is 3.75. The van der Waals surface area contributed by atoms with Gasteiger partial charge in [-0.25, -0.2) is 0 Å². The SMILES string of the molecule is CC1=C(/C=C/C(C)=C/C2C=CC=CO2)C(C)(C)CCC1. The summed E-state index contributed by atoms with van der Waals surface area (Å²) in [7, 11) is 0. The first-order valence-corrected chi connectivity index (χ1v) is 7.54. The van der Waals surface area contributed by atoms with Crippen molar-refractivity contribution in [1.82, 2.24) is 0 Å². The van der Waals surface area contributed by atoms with Crippen molar-refractivity contribution in [1.29, 1.82) is 0 Å². The van der Waals surface area contributed by atoms with E-state index in [9.17, 15) is 0 Å². The van der Waals surface area contributed by atoms with E-state index in [2.05, 4.69) is 52.0 Å². The molecule has 0 bridgehead atoms. The van der Waals surface area contributed by atoms with E-state index in [0.717, 1.165) is 0 Å². The van der Waals surface area contributed by atoms with Crippen LogP contribution in [0.1, 0.15) is 47.0 Å². The number of allylic oxidation sites excluding steroid dienone is 7. The molecule has 108 valence electrons. The van der Waals surface area contributed by atoms with E-state index in [1.165, 1.54) is 30.4 Å². The molecule has 0 amide bonds. The molecule has 1 nitrogen and oxygen atoms in total. The largest absolute Gasteiger partial charge is 0.490 e. The number of hydrogen-bond acceptors (Lipinski definition) is 1. The average Bonchev–Trinajstić information content (AvgIpc) is 2.38. The molecule has 0 saturated heterocycles. The first-order valence-electron chi connectivity index (χ1n) is 7.54. The molecule has 0 spiro atoms. The Balaban J connectivity index is 2.10. The van der Waals surface area contributed by atoms with E-state index in [-0.39, 0.29) is 6.10 Å². The van der Waals surface area contributed by atoms with Crippen LogP contribution in [0, 0.1) is 5.41 Å². The van der Waals surface area contributed by atoms with Gasteiger partial charge in [-0.3, -0.25) is 0 Å². The zero-order chi connectivity index (χ0) is 14.6. The van der Waals surface area contributed by atoms with E-state index < -0.39 is 0 Å². The standard InChI is InChI=1S/C19H26O/c1-15(14-17-9-5-6-13-20-17)10-11-18-16(2)8-7-12-19(18,3)4/h5-6,9-11,13-14,17H,7-8,12H2,1-4H3/b11-10+,15-14+. The first-order chi connectivity index (χ1) is 9.49. The molecule has 1 unspecified atom stereocenters. The lowest BCUT2D eigenvalue weighted by Gasteiger charge is -2.33. The van der Waals surface area contributed by atoms with Gasteiger partial charge in [-0.05, 0) is 62.3 Å². The summed E-state index contributed by atoms with van der Waals surface area (Å²) < 4.78 is 5.51. The minimum atomic E-state index is 0.0686. The van der Waals surface area contributed by atoms with Crippen LogP contribution in [0.25, 0.3) is 0 Å². The monoisotopic (exact) mass is 270 g/mol. The maximum Gasteiger partial charge on any atom is 0.135 e. The Morgan fingerprint density at radius 1 is 1.35 bits per heavy atom. The molecule has 1 aliphatic carbocycles. The Bertz CT molecular complexity index is 498. The maximum atomic E-state index is 5.51. The Morgan fingerprint density at radius 3 is 2.80 bits per heavy atom. The van der Waals surface area contributed by atoms with Gasteiger partial charge in [-0.15, -0.1) is 0 Å². The highest BCUT2D eigenvalue weighted by Crippen LogP contribution is 2.40. The summed E-state index contributed by atoms with van der Waals surface area (Å²) in [6.07, 6.45) is 18.3. The van der Waals surface area contributed by atoms with Gasteiger partial charge >= 0.3 is 0 Å². The molecule has 0 aromatic heterocycles. The minimum absolute atomic E-state index is 0.0686. The van der Waals surface area contributed by atoms with Gasteiger partial charge < -0.3 is 4.74 Å². The summed E-state index contributed by atoms with van der Waals surface area (Å²) in [5, 5.41) is 0. The lowest BCUT2D eigenvalue weighted by molar-refractivity contribution is 0.223. The molecule has 0 radical (unpaired) electrons. The van der Waals surface area contributed by atoms with Crippen molar-refractivity contribution >= 4 is 0 Å². The minimum Gasteiger partial charge on any atom is -0.490 e. The van der Waals surface area contributed by atoms with Crippen molar-refractivity contribution < 1.29 is 4.74 Å². The van der Waals surface area contributed by atoms with E-state index in [1.807, 2.05) is 12.2 Å². The lowest BCUT2D eigenvalue weighted by Crippen LogP contribution is -2.19. The molecule has 0 aromatic carbocycles. The Labute approximate surface area is 123 Å². The predicted octanol–water partition coefficient (Wildman–Crippen LogP) is 5.48. The van der Waals surface area contributed by atoms with Crippen LogP contribution >= 0.6 is 0 Å². The molecule has 0 aromatic rings. The van der Waals surface area contributed by atoms with Crippen molar-refractivity contribution in [3.63, 3.8) is 0 Å². The maximum absolute atomic E-state index is 5.51. The highest BCUT2D eigenvalue weighted by Gasteiger charge is 2.26. The average molecular weight is 270 g/mol. The second kappa shape index (κ2) is 6.30. The van der Waals surface area contributed by atoms with E-state index in [4.69, 9.17) is 4.74 Å². The van der Waals surface area contributed by atoms with Gasteiger partial charge in [-0.1, -0.05) is 43.2 Å². The van der Waals surface area contributed by atoms with Crippen LogP contribution in [0.15, 0.2) is 59.4 Å². The Hall–Kier alpha value is -1.50. The van der Waals surface area contributed by atoms with Crippen LogP contribution in [0.4, 0.5) is 0 Å². The molecule has 20 heavy (non-hydrogen) atoms. The van der Waals surface area contributed by atoms with Crippen molar-refractivity contribution in [3.05, 3.63) is 59.4 Å². The second-order valence-corrected chi connectivity index (χ2v) is 6.49. The normalized spacial score (nSPS) is 26.2. The zero-order valence-corrected chi connectivity index (χ0v) is 13.1. The summed E-state index contributed by atoms with van der Waals surface area (Å²) in [5.41, 5.74) is 4.61. The fraction of sp³-hybridized carbons (Fsp3) is 0.474. The van der Waals surface area contributed by atoms with Gasteiger partial charge in [0.15, 0.2) is 0 Å².